The normalized spacial score (nSPS) is 11.4. The fourth-order valence-corrected chi connectivity index (χ4v) is 3.15. The van der Waals surface area contributed by atoms with E-state index in [1.54, 1.807) is 0 Å². The van der Waals surface area contributed by atoms with Gasteiger partial charge in [-0.05, 0) is 63.9 Å². The second kappa shape index (κ2) is 9.11. The van der Waals surface area contributed by atoms with Crippen LogP contribution in [0.15, 0.2) is 48.7 Å². The molecule has 1 amide bonds. The number of hydrogen-bond acceptors (Lipinski definition) is 4. The molecular formula is C24H30N4O2. The molecule has 0 atom stereocenters. The van der Waals surface area contributed by atoms with Gasteiger partial charge in [0.1, 0.15) is 17.1 Å². The van der Waals surface area contributed by atoms with Crippen molar-refractivity contribution in [2.75, 3.05) is 6.54 Å². The first kappa shape index (κ1) is 21.6. The number of hydrogen-bond donors (Lipinski definition) is 1. The van der Waals surface area contributed by atoms with Gasteiger partial charge in [0, 0.05) is 30.5 Å². The number of carbonyl (C=O) groups is 1. The third-order valence-corrected chi connectivity index (χ3v) is 4.54. The lowest BCUT2D eigenvalue weighted by atomic mass is 10.1. The van der Waals surface area contributed by atoms with E-state index in [9.17, 15) is 4.79 Å². The number of nitrogens with one attached hydrogen (secondary N) is 1. The van der Waals surface area contributed by atoms with Crippen LogP contribution in [0.1, 0.15) is 44.8 Å². The molecule has 1 aromatic carbocycles. The molecule has 2 heterocycles. The number of pyridine rings is 1. The lowest BCUT2D eigenvalue weighted by molar-refractivity contribution is 0.0528. The Kier molecular flexibility index (Phi) is 6.55. The maximum Gasteiger partial charge on any atom is 0.407 e. The van der Waals surface area contributed by atoms with Crippen molar-refractivity contribution in [3.8, 4) is 17.1 Å². The van der Waals surface area contributed by atoms with Crippen molar-refractivity contribution in [2.45, 2.75) is 53.1 Å². The Labute approximate surface area is 178 Å². The number of benzene rings is 1. The van der Waals surface area contributed by atoms with Gasteiger partial charge in [-0.15, -0.1) is 0 Å². The summed E-state index contributed by atoms with van der Waals surface area (Å²) in [7, 11) is 0. The maximum absolute atomic E-state index is 11.8. The number of ether oxygens (including phenoxy) is 1. The molecule has 0 aliphatic heterocycles. The third kappa shape index (κ3) is 5.69. The van der Waals surface area contributed by atoms with Gasteiger partial charge in [0.15, 0.2) is 0 Å². The molecule has 0 spiro atoms. The SMILES string of the molecule is CCc1nc(-c2cccc(C)n2)cn1-c1ccc(CCNC(=O)OC(C)(C)C)cc1. The Hall–Kier alpha value is -3.15. The summed E-state index contributed by atoms with van der Waals surface area (Å²) < 4.78 is 7.37. The van der Waals surface area contributed by atoms with Gasteiger partial charge in [-0.3, -0.25) is 4.98 Å². The summed E-state index contributed by atoms with van der Waals surface area (Å²) in [6.07, 6.45) is 3.22. The smallest absolute Gasteiger partial charge is 0.407 e. The van der Waals surface area contributed by atoms with Crippen LogP contribution in [-0.4, -0.2) is 32.8 Å². The van der Waals surface area contributed by atoms with Crippen LogP contribution in [-0.2, 0) is 17.6 Å². The average Bonchev–Trinajstić information content (AvgIpc) is 3.12. The van der Waals surface area contributed by atoms with E-state index in [0.29, 0.717) is 6.54 Å². The molecule has 158 valence electrons. The van der Waals surface area contributed by atoms with E-state index in [-0.39, 0.29) is 6.09 Å². The molecule has 0 saturated heterocycles. The Morgan fingerprint density at radius 3 is 2.43 bits per heavy atom. The predicted molar refractivity (Wildman–Crippen MR) is 119 cm³/mol. The molecule has 6 nitrogen and oxygen atoms in total. The van der Waals surface area contributed by atoms with Gasteiger partial charge in [-0.25, -0.2) is 9.78 Å². The van der Waals surface area contributed by atoms with E-state index < -0.39 is 5.60 Å². The number of imidazole rings is 1. The van der Waals surface area contributed by atoms with Crippen LogP contribution in [0, 0.1) is 6.92 Å². The van der Waals surface area contributed by atoms with Crippen LogP contribution >= 0.6 is 0 Å². The van der Waals surface area contributed by atoms with Crippen molar-refractivity contribution in [1.82, 2.24) is 19.9 Å². The first-order valence-corrected chi connectivity index (χ1v) is 10.3. The molecule has 0 bridgehead atoms. The molecule has 0 saturated carbocycles. The highest BCUT2D eigenvalue weighted by Gasteiger charge is 2.15. The summed E-state index contributed by atoms with van der Waals surface area (Å²) in [5.74, 6) is 0.993. The zero-order valence-electron chi connectivity index (χ0n) is 18.4. The molecular weight excluding hydrogens is 376 g/mol. The van der Waals surface area contributed by atoms with Crippen molar-refractivity contribution < 1.29 is 9.53 Å². The van der Waals surface area contributed by atoms with Crippen molar-refractivity contribution in [3.05, 3.63) is 65.7 Å². The quantitative estimate of drug-likeness (QED) is 0.634. The number of amides is 1. The number of nitrogens with zero attached hydrogens (tertiary/aromatic N) is 3. The van der Waals surface area contributed by atoms with Gasteiger partial charge >= 0.3 is 6.09 Å². The summed E-state index contributed by atoms with van der Waals surface area (Å²) in [5, 5.41) is 2.79. The van der Waals surface area contributed by atoms with Gasteiger partial charge < -0.3 is 14.6 Å². The minimum atomic E-state index is -0.486. The second-order valence-corrected chi connectivity index (χ2v) is 8.28. The van der Waals surface area contributed by atoms with Crippen molar-refractivity contribution in [3.63, 3.8) is 0 Å². The number of aromatic nitrogens is 3. The summed E-state index contributed by atoms with van der Waals surface area (Å²) in [4.78, 5) is 21.1. The monoisotopic (exact) mass is 406 g/mol. The summed E-state index contributed by atoms with van der Waals surface area (Å²) in [6, 6.07) is 14.3. The molecule has 6 heteroatoms. The highest BCUT2D eigenvalue weighted by atomic mass is 16.6. The van der Waals surface area contributed by atoms with Crippen molar-refractivity contribution in [1.29, 1.82) is 0 Å². The lowest BCUT2D eigenvalue weighted by Crippen LogP contribution is -2.33. The van der Waals surface area contributed by atoms with Gasteiger partial charge in [-0.2, -0.15) is 0 Å². The molecule has 0 aliphatic rings. The number of aryl methyl sites for hydroxylation is 2. The lowest BCUT2D eigenvalue weighted by Gasteiger charge is -2.19. The molecule has 2 aromatic heterocycles. The molecule has 3 aromatic rings. The highest BCUT2D eigenvalue weighted by Crippen LogP contribution is 2.21. The molecule has 0 unspecified atom stereocenters. The Balaban J connectivity index is 1.68. The second-order valence-electron chi connectivity index (χ2n) is 8.28. The van der Waals surface area contributed by atoms with E-state index in [1.807, 2.05) is 52.1 Å². The molecule has 0 aliphatic carbocycles. The minimum Gasteiger partial charge on any atom is -0.444 e. The van der Waals surface area contributed by atoms with Crippen molar-refractivity contribution >= 4 is 6.09 Å². The fourth-order valence-electron chi connectivity index (χ4n) is 3.15. The largest absolute Gasteiger partial charge is 0.444 e. The van der Waals surface area contributed by atoms with Crippen LogP contribution in [0.25, 0.3) is 17.1 Å². The van der Waals surface area contributed by atoms with Crippen molar-refractivity contribution in [2.24, 2.45) is 0 Å². The van der Waals surface area contributed by atoms with E-state index in [1.165, 1.54) is 0 Å². The number of rotatable bonds is 6. The van der Waals surface area contributed by atoms with E-state index in [4.69, 9.17) is 9.72 Å². The van der Waals surface area contributed by atoms with Gasteiger partial charge in [0.05, 0.1) is 5.69 Å². The Morgan fingerprint density at radius 2 is 1.80 bits per heavy atom. The summed E-state index contributed by atoms with van der Waals surface area (Å²) in [5.41, 5.74) is 4.45. The molecule has 0 radical (unpaired) electrons. The molecule has 1 N–H and O–H groups in total. The zero-order valence-corrected chi connectivity index (χ0v) is 18.4. The maximum atomic E-state index is 11.8. The van der Waals surface area contributed by atoms with Crippen LogP contribution < -0.4 is 5.32 Å². The standard InChI is InChI=1S/C24H30N4O2/c1-6-22-27-21(20-9-7-8-17(2)26-20)16-28(22)19-12-10-18(11-13-19)14-15-25-23(29)30-24(3,4)5/h7-13,16H,6,14-15H2,1-5H3,(H,25,29). The van der Waals surface area contributed by atoms with Gasteiger partial charge in [0.2, 0.25) is 0 Å². The van der Waals surface area contributed by atoms with Crippen LogP contribution in [0.3, 0.4) is 0 Å². The number of alkyl carbamates (subject to hydrolysis) is 1. The van der Waals surface area contributed by atoms with Crippen LogP contribution in [0.4, 0.5) is 4.79 Å². The molecule has 0 fully saturated rings. The predicted octanol–water partition coefficient (Wildman–Crippen LogP) is 4.87. The third-order valence-electron chi connectivity index (χ3n) is 4.54. The summed E-state index contributed by atoms with van der Waals surface area (Å²) in [6.45, 7) is 10.2. The topological polar surface area (TPSA) is 69.0 Å². The minimum absolute atomic E-state index is 0.387. The van der Waals surface area contributed by atoms with Gasteiger partial charge in [0.25, 0.3) is 0 Å². The average molecular weight is 407 g/mol. The van der Waals surface area contributed by atoms with E-state index in [2.05, 4.69) is 46.1 Å². The van der Waals surface area contributed by atoms with E-state index >= 15 is 0 Å². The van der Waals surface area contributed by atoms with Gasteiger partial charge in [-0.1, -0.05) is 25.1 Å². The first-order chi connectivity index (χ1) is 14.2. The Bertz CT molecular complexity index is 1000. The molecule has 3 rings (SSSR count). The fraction of sp³-hybridized carbons (Fsp3) is 0.375. The zero-order chi connectivity index (χ0) is 21.7. The highest BCUT2D eigenvalue weighted by molar-refractivity contribution is 5.67. The first-order valence-electron chi connectivity index (χ1n) is 10.3. The van der Waals surface area contributed by atoms with E-state index in [0.717, 1.165) is 47.0 Å². The Morgan fingerprint density at radius 1 is 1.07 bits per heavy atom. The number of carbonyl (C=O) groups excluding carboxylic acids is 1. The van der Waals surface area contributed by atoms with Crippen LogP contribution in [0.5, 0.6) is 0 Å². The molecule has 30 heavy (non-hydrogen) atoms. The summed E-state index contributed by atoms with van der Waals surface area (Å²) >= 11 is 0. The van der Waals surface area contributed by atoms with Crippen LogP contribution in [0.2, 0.25) is 0 Å².